The second kappa shape index (κ2) is 8.82. The van der Waals surface area contributed by atoms with Gasteiger partial charge < -0.3 is 4.90 Å². The molecule has 0 spiro atoms. The van der Waals surface area contributed by atoms with Crippen molar-refractivity contribution < 1.29 is 13.2 Å². The van der Waals surface area contributed by atoms with Gasteiger partial charge in [-0.1, -0.05) is 23.7 Å². The van der Waals surface area contributed by atoms with E-state index in [0.29, 0.717) is 35.8 Å². The number of nitrogens with one attached hydrogen (secondary N) is 1. The number of piperidine rings is 1. The Kier molecular flexibility index (Phi) is 6.46. The molecular formula is C19H22ClN3O3S. The van der Waals surface area contributed by atoms with Crippen LogP contribution < -0.4 is 4.72 Å². The molecule has 6 nitrogen and oxygen atoms in total. The number of carbonyl (C=O) groups is 1. The fourth-order valence-electron chi connectivity index (χ4n) is 3.11. The summed E-state index contributed by atoms with van der Waals surface area (Å²) in [4.78, 5) is 18.2. The molecule has 2 heterocycles. The summed E-state index contributed by atoms with van der Waals surface area (Å²) in [5.74, 6) is 0.135. The number of nitrogens with zero attached hydrogens (tertiary/aromatic N) is 2. The third-order valence-corrected chi connectivity index (χ3v) is 6.24. The van der Waals surface area contributed by atoms with Gasteiger partial charge in [0.2, 0.25) is 10.0 Å². The Morgan fingerprint density at radius 2 is 1.89 bits per heavy atom. The first-order valence-corrected chi connectivity index (χ1v) is 10.9. The molecule has 0 radical (unpaired) electrons. The minimum absolute atomic E-state index is 0.0233. The molecule has 0 atom stereocenters. The van der Waals surface area contributed by atoms with Crippen molar-refractivity contribution in [3.8, 4) is 0 Å². The molecule has 0 bridgehead atoms. The number of rotatable bonds is 6. The summed E-state index contributed by atoms with van der Waals surface area (Å²) in [6.45, 7) is 1.64. The van der Waals surface area contributed by atoms with Crippen LogP contribution >= 0.6 is 11.6 Å². The number of halogens is 1. The smallest absolute Gasteiger partial charge is 0.255 e. The predicted octanol–water partition coefficient (Wildman–Crippen LogP) is 2.71. The van der Waals surface area contributed by atoms with Crippen LogP contribution in [0.5, 0.6) is 0 Å². The van der Waals surface area contributed by atoms with Gasteiger partial charge in [0.15, 0.2) is 0 Å². The number of carbonyl (C=O) groups excluding carboxylic acids is 1. The van der Waals surface area contributed by atoms with Gasteiger partial charge in [-0.25, -0.2) is 13.1 Å². The van der Waals surface area contributed by atoms with Crippen molar-refractivity contribution in [2.24, 2.45) is 5.92 Å². The third-order valence-electron chi connectivity index (χ3n) is 4.67. The summed E-state index contributed by atoms with van der Waals surface area (Å²) in [7, 11) is -3.40. The zero-order valence-corrected chi connectivity index (χ0v) is 16.4. The van der Waals surface area contributed by atoms with Crippen LogP contribution in [-0.2, 0) is 15.8 Å². The molecule has 1 N–H and O–H groups in total. The van der Waals surface area contributed by atoms with Crippen molar-refractivity contribution in [1.82, 2.24) is 14.6 Å². The SMILES string of the molecule is O=C(c1cccnc1)N1CCC(CNS(=O)(=O)Cc2ccc(Cl)cc2)CC1. The lowest BCUT2D eigenvalue weighted by molar-refractivity contribution is 0.0691. The zero-order chi connectivity index (χ0) is 19.3. The molecule has 0 saturated carbocycles. The van der Waals surface area contributed by atoms with E-state index >= 15 is 0 Å². The summed E-state index contributed by atoms with van der Waals surface area (Å²) < 4.78 is 27.2. The largest absolute Gasteiger partial charge is 0.339 e. The van der Waals surface area contributed by atoms with Crippen LogP contribution in [0.3, 0.4) is 0 Å². The van der Waals surface area contributed by atoms with E-state index in [1.165, 1.54) is 0 Å². The van der Waals surface area contributed by atoms with E-state index in [2.05, 4.69) is 9.71 Å². The molecule has 0 aliphatic carbocycles. The van der Waals surface area contributed by atoms with Gasteiger partial charge in [0.25, 0.3) is 5.91 Å². The van der Waals surface area contributed by atoms with Crippen molar-refractivity contribution in [2.75, 3.05) is 19.6 Å². The Bertz CT molecular complexity index is 865. The van der Waals surface area contributed by atoms with Gasteiger partial charge >= 0.3 is 0 Å². The molecule has 1 aromatic heterocycles. The molecule has 3 rings (SSSR count). The van der Waals surface area contributed by atoms with E-state index in [0.717, 1.165) is 12.8 Å². The molecule has 1 aliphatic rings. The first kappa shape index (κ1) is 19.8. The first-order valence-electron chi connectivity index (χ1n) is 8.84. The second-order valence-electron chi connectivity index (χ2n) is 6.71. The van der Waals surface area contributed by atoms with Crippen LogP contribution in [0.1, 0.15) is 28.8 Å². The summed E-state index contributed by atoms with van der Waals surface area (Å²) in [6, 6.07) is 10.3. The lowest BCUT2D eigenvalue weighted by Crippen LogP contribution is -2.41. The summed E-state index contributed by atoms with van der Waals surface area (Å²) >= 11 is 5.82. The lowest BCUT2D eigenvalue weighted by Gasteiger charge is -2.32. The predicted molar refractivity (Wildman–Crippen MR) is 105 cm³/mol. The summed E-state index contributed by atoms with van der Waals surface area (Å²) in [5, 5.41) is 0.580. The number of pyridine rings is 1. The van der Waals surface area contributed by atoms with Gasteiger partial charge in [-0.15, -0.1) is 0 Å². The molecule has 8 heteroatoms. The molecule has 1 aromatic carbocycles. The monoisotopic (exact) mass is 407 g/mol. The number of aromatic nitrogens is 1. The average molecular weight is 408 g/mol. The normalized spacial score (nSPS) is 15.7. The third kappa shape index (κ3) is 5.76. The highest BCUT2D eigenvalue weighted by Gasteiger charge is 2.24. The Morgan fingerprint density at radius 3 is 2.52 bits per heavy atom. The Balaban J connectivity index is 1.46. The fourth-order valence-corrected chi connectivity index (χ4v) is 4.46. The number of likely N-dealkylation sites (tertiary alicyclic amines) is 1. The average Bonchev–Trinajstić information content (AvgIpc) is 2.69. The molecule has 1 amide bonds. The molecule has 2 aromatic rings. The van der Waals surface area contributed by atoms with Crippen LogP contribution in [0.25, 0.3) is 0 Å². The Labute approximate surface area is 164 Å². The van der Waals surface area contributed by atoms with E-state index in [1.807, 2.05) is 0 Å². The van der Waals surface area contributed by atoms with Crippen LogP contribution in [0, 0.1) is 5.92 Å². The van der Waals surface area contributed by atoms with E-state index < -0.39 is 10.0 Å². The van der Waals surface area contributed by atoms with Gasteiger partial charge in [0.1, 0.15) is 0 Å². The number of hydrogen-bond donors (Lipinski definition) is 1. The van der Waals surface area contributed by atoms with Crippen LogP contribution in [-0.4, -0.2) is 43.8 Å². The van der Waals surface area contributed by atoms with Gasteiger partial charge in [0.05, 0.1) is 11.3 Å². The Hall–Kier alpha value is -1.96. The van der Waals surface area contributed by atoms with E-state index in [9.17, 15) is 13.2 Å². The molecule has 1 aliphatic heterocycles. The number of amides is 1. The molecule has 27 heavy (non-hydrogen) atoms. The maximum atomic E-state index is 12.4. The van der Waals surface area contributed by atoms with E-state index in [1.54, 1.807) is 53.7 Å². The van der Waals surface area contributed by atoms with Crippen LogP contribution in [0.15, 0.2) is 48.8 Å². The molecule has 0 unspecified atom stereocenters. The Morgan fingerprint density at radius 1 is 1.19 bits per heavy atom. The van der Waals surface area contributed by atoms with Crippen molar-refractivity contribution >= 4 is 27.5 Å². The van der Waals surface area contributed by atoms with Crippen molar-refractivity contribution in [3.63, 3.8) is 0 Å². The number of sulfonamides is 1. The maximum absolute atomic E-state index is 12.4. The highest BCUT2D eigenvalue weighted by molar-refractivity contribution is 7.88. The lowest BCUT2D eigenvalue weighted by atomic mass is 9.97. The van der Waals surface area contributed by atoms with Crippen LogP contribution in [0.2, 0.25) is 5.02 Å². The van der Waals surface area contributed by atoms with Crippen molar-refractivity contribution in [3.05, 3.63) is 64.9 Å². The second-order valence-corrected chi connectivity index (χ2v) is 8.95. The van der Waals surface area contributed by atoms with Gasteiger partial charge in [0, 0.05) is 37.1 Å². The number of hydrogen-bond acceptors (Lipinski definition) is 4. The maximum Gasteiger partial charge on any atom is 0.255 e. The minimum atomic E-state index is -3.40. The van der Waals surface area contributed by atoms with E-state index in [4.69, 9.17) is 11.6 Å². The van der Waals surface area contributed by atoms with E-state index in [-0.39, 0.29) is 17.6 Å². The van der Waals surface area contributed by atoms with Crippen molar-refractivity contribution in [1.29, 1.82) is 0 Å². The number of benzene rings is 1. The molecular weight excluding hydrogens is 386 g/mol. The molecule has 144 valence electrons. The molecule has 1 saturated heterocycles. The standard InChI is InChI=1S/C19H22ClN3O3S/c20-18-5-3-16(4-6-18)14-27(25,26)22-12-15-7-10-23(11-8-15)19(24)17-2-1-9-21-13-17/h1-6,9,13,15,22H,7-8,10-12,14H2. The van der Waals surface area contributed by atoms with Gasteiger partial charge in [-0.2, -0.15) is 0 Å². The van der Waals surface area contributed by atoms with Gasteiger partial charge in [-0.3, -0.25) is 9.78 Å². The molecule has 1 fully saturated rings. The minimum Gasteiger partial charge on any atom is -0.339 e. The van der Waals surface area contributed by atoms with Crippen LogP contribution in [0.4, 0.5) is 0 Å². The summed E-state index contributed by atoms with van der Waals surface area (Å²) in [6.07, 6.45) is 4.75. The zero-order valence-electron chi connectivity index (χ0n) is 14.8. The first-order chi connectivity index (χ1) is 12.9. The topological polar surface area (TPSA) is 79.4 Å². The highest BCUT2D eigenvalue weighted by atomic mass is 35.5. The van der Waals surface area contributed by atoms with Crippen molar-refractivity contribution in [2.45, 2.75) is 18.6 Å². The fraction of sp³-hybridized carbons (Fsp3) is 0.368. The summed E-state index contributed by atoms with van der Waals surface area (Å²) in [5.41, 5.74) is 1.28. The quantitative estimate of drug-likeness (QED) is 0.798. The highest BCUT2D eigenvalue weighted by Crippen LogP contribution is 2.19. The van der Waals surface area contributed by atoms with Gasteiger partial charge in [-0.05, 0) is 48.6 Å².